The summed E-state index contributed by atoms with van der Waals surface area (Å²) < 4.78 is 0. The van der Waals surface area contributed by atoms with Gasteiger partial charge >= 0.3 is 0 Å². The van der Waals surface area contributed by atoms with Gasteiger partial charge in [-0.3, -0.25) is 0 Å². The maximum atomic E-state index is 4.25. The van der Waals surface area contributed by atoms with Crippen molar-refractivity contribution in [3.63, 3.8) is 0 Å². The van der Waals surface area contributed by atoms with E-state index in [2.05, 4.69) is 52.2 Å². The Morgan fingerprint density at radius 2 is 2.00 bits per heavy atom. The largest absolute Gasteiger partial charge is 0.368 e. The molecule has 2 heterocycles. The van der Waals surface area contributed by atoms with E-state index in [1.165, 1.54) is 5.69 Å². The van der Waals surface area contributed by atoms with Crippen LogP contribution in [0, 0.1) is 0 Å². The summed E-state index contributed by atoms with van der Waals surface area (Å²) >= 11 is 0. The highest BCUT2D eigenvalue weighted by Crippen LogP contribution is 2.21. The Kier molecular flexibility index (Phi) is 2.52. The molecule has 0 radical (unpaired) electrons. The van der Waals surface area contributed by atoms with Crippen LogP contribution in [0.2, 0.25) is 0 Å². The van der Waals surface area contributed by atoms with Crippen LogP contribution in [0.3, 0.4) is 0 Å². The van der Waals surface area contributed by atoms with Gasteiger partial charge in [0.15, 0.2) is 0 Å². The zero-order chi connectivity index (χ0) is 11.8. The first kappa shape index (κ1) is 10.6. The first-order chi connectivity index (χ1) is 8.22. The summed E-state index contributed by atoms with van der Waals surface area (Å²) in [6.45, 7) is 6.59. The van der Waals surface area contributed by atoms with Gasteiger partial charge in [0.1, 0.15) is 0 Å². The molecule has 2 aromatic rings. The van der Waals surface area contributed by atoms with Crippen molar-refractivity contribution in [3.05, 3.63) is 24.5 Å². The van der Waals surface area contributed by atoms with E-state index in [1.807, 2.05) is 0 Å². The van der Waals surface area contributed by atoms with Gasteiger partial charge in [-0.2, -0.15) is 0 Å². The number of H-pyrrole nitrogens is 1. The van der Waals surface area contributed by atoms with E-state index in [4.69, 9.17) is 0 Å². The number of hydrogen-bond donors (Lipinski definition) is 2. The molecule has 0 saturated carbocycles. The number of benzene rings is 1. The van der Waals surface area contributed by atoms with Crippen LogP contribution in [0.4, 0.5) is 5.69 Å². The third-order valence-electron chi connectivity index (χ3n) is 3.33. The predicted molar refractivity (Wildman–Crippen MR) is 70.4 cm³/mol. The average Bonchev–Trinajstić information content (AvgIpc) is 2.74. The Labute approximate surface area is 101 Å². The molecular weight excluding hydrogens is 212 g/mol. The topological polar surface area (TPSA) is 44.0 Å². The standard InChI is InChI=1S/C13H18N4/c1-9-6-17(7-10(2)16-9)11-3-4-12-13(5-11)15-8-14-12/h3-5,8-10,16H,6-7H2,1-2H3,(H,14,15). The Balaban J connectivity index is 1.91. The van der Waals surface area contributed by atoms with E-state index in [-0.39, 0.29) is 0 Å². The summed E-state index contributed by atoms with van der Waals surface area (Å²) in [5.41, 5.74) is 3.42. The molecule has 1 aliphatic rings. The minimum absolute atomic E-state index is 0.538. The Hall–Kier alpha value is -1.55. The van der Waals surface area contributed by atoms with Crippen molar-refractivity contribution in [2.45, 2.75) is 25.9 Å². The van der Waals surface area contributed by atoms with Gasteiger partial charge in [-0.05, 0) is 32.0 Å². The third kappa shape index (κ3) is 2.00. The lowest BCUT2D eigenvalue weighted by Gasteiger charge is -2.37. The van der Waals surface area contributed by atoms with Crippen molar-refractivity contribution in [2.24, 2.45) is 0 Å². The fourth-order valence-corrected chi connectivity index (χ4v) is 2.66. The number of nitrogens with zero attached hydrogens (tertiary/aromatic N) is 2. The Morgan fingerprint density at radius 1 is 1.24 bits per heavy atom. The van der Waals surface area contributed by atoms with Crippen molar-refractivity contribution in [1.82, 2.24) is 15.3 Å². The maximum absolute atomic E-state index is 4.25. The van der Waals surface area contributed by atoms with Crippen molar-refractivity contribution in [1.29, 1.82) is 0 Å². The molecule has 0 amide bonds. The summed E-state index contributed by atoms with van der Waals surface area (Å²) in [6, 6.07) is 7.51. The number of piperazine rings is 1. The molecule has 1 aromatic carbocycles. The molecule has 0 spiro atoms. The molecule has 17 heavy (non-hydrogen) atoms. The zero-order valence-electron chi connectivity index (χ0n) is 10.3. The molecule has 0 bridgehead atoms. The molecule has 1 aliphatic heterocycles. The van der Waals surface area contributed by atoms with E-state index in [0.29, 0.717) is 12.1 Å². The van der Waals surface area contributed by atoms with Crippen LogP contribution in [-0.4, -0.2) is 35.1 Å². The quantitative estimate of drug-likeness (QED) is 0.784. The van der Waals surface area contributed by atoms with Crippen LogP contribution in [0.5, 0.6) is 0 Å². The molecule has 3 rings (SSSR count). The van der Waals surface area contributed by atoms with Gasteiger partial charge in [0.05, 0.1) is 17.4 Å². The van der Waals surface area contributed by atoms with Crippen LogP contribution < -0.4 is 10.2 Å². The lowest BCUT2D eigenvalue weighted by atomic mass is 10.1. The summed E-state index contributed by atoms with van der Waals surface area (Å²) in [5.74, 6) is 0. The van der Waals surface area contributed by atoms with Crippen LogP contribution in [-0.2, 0) is 0 Å². The average molecular weight is 230 g/mol. The van der Waals surface area contributed by atoms with Gasteiger partial charge in [-0.25, -0.2) is 4.98 Å². The van der Waals surface area contributed by atoms with E-state index < -0.39 is 0 Å². The zero-order valence-corrected chi connectivity index (χ0v) is 10.3. The second-order valence-electron chi connectivity index (χ2n) is 4.98. The van der Waals surface area contributed by atoms with Gasteiger partial charge in [-0.15, -0.1) is 0 Å². The minimum atomic E-state index is 0.538. The number of nitrogens with one attached hydrogen (secondary N) is 2. The van der Waals surface area contributed by atoms with Gasteiger partial charge in [0.2, 0.25) is 0 Å². The fraction of sp³-hybridized carbons (Fsp3) is 0.462. The van der Waals surface area contributed by atoms with Crippen LogP contribution in [0.15, 0.2) is 24.5 Å². The third-order valence-corrected chi connectivity index (χ3v) is 3.33. The first-order valence-corrected chi connectivity index (χ1v) is 6.16. The van der Waals surface area contributed by atoms with Gasteiger partial charge in [0, 0.05) is 30.9 Å². The second-order valence-corrected chi connectivity index (χ2v) is 4.98. The summed E-state index contributed by atoms with van der Waals surface area (Å²) in [5, 5.41) is 3.55. The van der Waals surface area contributed by atoms with E-state index in [0.717, 1.165) is 24.1 Å². The molecular formula is C13H18N4. The Morgan fingerprint density at radius 3 is 2.76 bits per heavy atom. The van der Waals surface area contributed by atoms with Crippen LogP contribution in [0.25, 0.3) is 11.0 Å². The van der Waals surface area contributed by atoms with Gasteiger partial charge < -0.3 is 15.2 Å². The lowest BCUT2D eigenvalue weighted by Crippen LogP contribution is -2.54. The first-order valence-electron chi connectivity index (χ1n) is 6.16. The predicted octanol–water partition coefficient (Wildman–Crippen LogP) is 1.75. The monoisotopic (exact) mass is 230 g/mol. The van der Waals surface area contributed by atoms with Gasteiger partial charge in [0.25, 0.3) is 0 Å². The molecule has 2 N–H and O–H groups in total. The molecule has 2 unspecified atom stereocenters. The number of aromatic nitrogens is 2. The van der Waals surface area contributed by atoms with E-state index in [9.17, 15) is 0 Å². The number of fused-ring (bicyclic) bond motifs is 1. The van der Waals surface area contributed by atoms with Crippen LogP contribution >= 0.6 is 0 Å². The Bertz CT molecular complexity index is 509. The fourth-order valence-electron chi connectivity index (χ4n) is 2.66. The molecule has 90 valence electrons. The van der Waals surface area contributed by atoms with Crippen molar-refractivity contribution in [3.8, 4) is 0 Å². The second kappa shape index (κ2) is 4.04. The van der Waals surface area contributed by atoms with Crippen molar-refractivity contribution >= 4 is 16.7 Å². The number of hydrogen-bond acceptors (Lipinski definition) is 3. The molecule has 0 aliphatic carbocycles. The molecule has 4 nitrogen and oxygen atoms in total. The maximum Gasteiger partial charge on any atom is 0.0931 e. The van der Waals surface area contributed by atoms with E-state index in [1.54, 1.807) is 6.33 Å². The highest BCUT2D eigenvalue weighted by Gasteiger charge is 2.21. The normalized spacial score (nSPS) is 25.4. The molecule has 1 aromatic heterocycles. The summed E-state index contributed by atoms with van der Waals surface area (Å²) in [4.78, 5) is 9.85. The van der Waals surface area contributed by atoms with Gasteiger partial charge in [-0.1, -0.05) is 0 Å². The van der Waals surface area contributed by atoms with Crippen LogP contribution in [0.1, 0.15) is 13.8 Å². The molecule has 1 fully saturated rings. The molecule has 2 atom stereocenters. The summed E-state index contributed by atoms with van der Waals surface area (Å²) in [6.07, 6.45) is 1.75. The number of rotatable bonds is 1. The summed E-state index contributed by atoms with van der Waals surface area (Å²) in [7, 11) is 0. The number of anilines is 1. The highest BCUT2D eigenvalue weighted by atomic mass is 15.2. The van der Waals surface area contributed by atoms with E-state index >= 15 is 0 Å². The smallest absolute Gasteiger partial charge is 0.0931 e. The number of imidazole rings is 1. The number of aromatic amines is 1. The lowest BCUT2D eigenvalue weighted by molar-refractivity contribution is 0.407. The minimum Gasteiger partial charge on any atom is -0.368 e. The molecule has 1 saturated heterocycles. The van der Waals surface area contributed by atoms with Crippen molar-refractivity contribution < 1.29 is 0 Å². The SMILES string of the molecule is CC1CN(c2ccc3nc[nH]c3c2)CC(C)N1. The highest BCUT2D eigenvalue weighted by molar-refractivity contribution is 5.79. The van der Waals surface area contributed by atoms with Crippen molar-refractivity contribution in [2.75, 3.05) is 18.0 Å². The molecule has 4 heteroatoms.